The first-order valence-corrected chi connectivity index (χ1v) is 5.47. The van der Waals surface area contributed by atoms with Gasteiger partial charge >= 0.3 is 13.6 Å². The summed E-state index contributed by atoms with van der Waals surface area (Å²) in [6.07, 6.45) is 0.673. The fraction of sp³-hybridized carbons (Fsp3) is 0.571. The van der Waals surface area contributed by atoms with Crippen LogP contribution in [0.25, 0.3) is 0 Å². The number of hydrogen-bond donors (Lipinski definition) is 3. The van der Waals surface area contributed by atoms with Gasteiger partial charge in [-0.1, -0.05) is 13.8 Å². The largest absolute Gasteiger partial charge is 0.477 e. The van der Waals surface area contributed by atoms with Crippen molar-refractivity contribution in [2.45, 2.75) is 26.7 Å². The van der Waals surface area contributed by atoms with Crippen LogP contribution >= 0.6 is 7.60 Å². The minimum atomic E-state index is -4.64. The van der Waals surface area contributed by atoms with Crippen LogP contribution in [0, 0.1) is 0 Å². The zero-order valence-electron chi connectivity index (χ0n) is 7.52. The molecule has 0 unspecified atom stereocenters. The Labute approximate surface area is 76.2 Å². The van der Waals surface area contributed by atoms with E-state index in [1.54, 1.807) is 13.8 Å². The molecule has 76 valence electrons. The van der Waals surface area contributed by atoms with Crippen molar-refractivity contribution in [1.82, 2.24) is 0 Å². The standard InChI is InChI=1S/C7H13O5P/c1-3-5(4-2)6(7(8)9)13(10,11)12/h3-4H2,1-2H3,(H,8,9)(H2,10,11,12). The van der Waals surface area contributed by atoms with E-state index in [0.29, 0.717) is 18.4 Å². The molecule has 0 spiro atoms. The van der Waals surface area contributed by atoms with E-state index in [2.05, 4.69) is 0 Å². The Morgan fingerprint density at radius 2 is 1.62 bits per heavy atom. The highest BCUT2D eigenvalue weighted by Gasteiger charge is 2.30. The van der Waals surface area contributed by atoms with Gasteiger partial charge < -0.3 is 14.9 Å². The summed E-state index contributed by atoms with van der Waals surface area (Å²) in [5, 5.41) is 7.84. The Kier molecular flexibility index (Phi) is 4.33. The first-order chi connectivity index (χ1) is 5.84. The smallest absolute Gasteiger partial charge is 0.363 e. The van der Waals surface area contributed by atoms with Crippen LogP contribution in [0.1, 0.15) is 26.7 Å². The quantitative estimate of drug-likeness (QED) is 0.478. The lowest BCUT2D eigenvalue weighted by atomic mass is 10.1. The minimum Gasteiger partial charge on any atom is -0.477 e. The zero-order valence-corrected chi connectivity index (χ0v) is 8.41. The molecule has 0 aliphatic rings. The second-order valence-electron chi connectivity index (χ2n) is 2.51. The molecule has 0 saturated heterocycles. The van der Waals surface area contributed by atoms with Crippen LogP contribution in [0.15, 0.2) is 10.9 Å². The van der Waals surface area contributed by atoms with Gasteiger partial charge in [-0.3, -0.25) is 4.57 Å². The van der Waals surface area contributed by atoms with Crippen molar-refractivity contribution >= 4 is 13.6 Å². The summed E-state index contributed by atoms with van der Waals surface area (Å²) in [5.74, 6) is -1.54. The molecule has 0 aromatic rings. The minimum absolute atomic E-state index is 0.292. The van der Waals surface area contributed by atoms with Gasteiger partial charge in [-0.25, -0.2) is 4.79 Å². The number of allylic oxidation sites excluding steroid dienone is 1. The topological polar surface area (TPSA) is 94.8 Å². The van der Waals surface area contributed by atoms with Gasteiger partial charge in [-0.2, -0.15) is 0 Å². The number of carbonyl (C=O) groups is 1. The van der Waals surface area contributed by atoms with Crippen LogP contribution in [0.5, 0.6) is 0 Å². The van der Waals surface area contributed by atoms with Gasteiger partial charge in [0, 0.05) is 0 Å². The van der Waals surface area contributed by atoms with E-state index in [0.717, 1.165) is 0 Å². The molecule has 0 fully saturated rings. The summed E-state index contributed by atoms with van der Waals surface area (Å²) < 4.78 is 10.8. The normalized spacial score (nSPS) is 11.1. The first-order valence-electron chi connectivity index (χ1n) is 3.86. The van der Waals surface area contributed by atoms with E-state index >= 15 is 0 Å². The molecule has 0 aromatic heterocycles. The predicted octanol–water partition coefficient (Wildman–Crippen LogP) is 1.32. The Morgan fingerprint density at radius 1 is 1.23 bits per heavy atom. The number of carboxylic acid groups (broad SMARTS) is 1. The molecular weight excluding hydrogens is 195 g/mol. The number of carboxylic acids is 1. The lowest BCUT2D eigenvalue weighted by Gasteiger charge is -2.09. The fourth-order valence-corrected chi connectivity index (χ4v) is 2.04. The molecule has 5 nitrogen and oxygen atoms in total. The van der Waals surface area contributed by atoms with Gasteiger partial charge in [0.15, 0.2) is 0 Å². The molecule has 0 aromatic carbocycles. The maximum absolute atomic E-state index is 10.8. The molecule has 0 aliphatic heterocycles. The van der Waals surface area contributed by atoms with Crippen LogP contribution in [-0.2, 0) is 9.36 Å². The van der Waals surface area contributed by atoms with Crippen LogP contribution in [0.3, 0.4) is 0 Å². The van der Waals surface area contributed by atoms with E-state index in [-0.39, 0.29) is 0 Å². The van der Waals surface area contributed by atoms with Crippen LogP contribution in [-0.4, -0.2) is 20.9 Å². The number of rotatable bonds is 4. The summed E-state index contributed by atoms with van der Waals surface area (Å²) in [6, 6.07) is 0. The van der Waals surface area contributed by atoms with Crippen molar-refractivity contribution in [3.05, 3.63) is 10.9 Å². The Balaban J connectivity index is 5.36. The molecule has 6 heteroatoms. The average molecular weight is 208 g/mol. The predicted molar refractivity (Wildman–Crippen MR) is 47.3 cm³/mol. The van der Waals surface area contributed by atoms with Crippen molar-refractivity contribution < 1.29 is 24.3 Å². The van der Waals surface area contributed by atoms with E-state index in [1.165, 1.54) is 0 Å². The third kappa shape index (κ3) is 3.30. The molecule has 0 aliphatic carbocycles. The highest BCUT2D eigenvalue weighted by atomic mass is 31.2. The summed E-state index contributed by atoms with van der Waals surface area (Å²) >= 11 is 0. The van der Waals surface area contributed by atoms with Gasteiger partial charge in [0.25, 0.3) is 0 Å². The molecule has 0 atom stereocenters. The molecular formula is C7H13O5P. The van der Waals surface area contributed by atoms with E-state index in [9.17, 15) is 9.36 Å². The molecule has 0 radical (unpaired) electrons. The van der Waals surface area contributed by atoms with Crippen LogP contribution in [0.4, 0.5) is 0 Å². The first kappa shape index (κ1) is 12.4. The van der Waals surface area contributed by atoms with Gasteiger partial charge in [0.05, 0.1) is 0 Å². The summed E-state index contributed by atoms with van der Waals surface area (Å²) in [5.41, 5.74) is 0.292. The lowest BCUT2D eigenvalue weighted by molar-refractivity contribution is -0.132. The second kappa shape index (κ2) is 4.56. The number of hydrogen-bond acceptors (Lipinski definition) is 2. The third-order valence-electron chi connectivity index (χ3n) is 1.68. The third-order valence-corrected chi connectivity index (χ3v) is 2.77. The molecule has 0 bridgehead atoms. The average Bonchev–Trinajstić information content (AvgIpc) is 1.96. The Morgan fingerprint density at radius 3 is 1.69 bits per heavy atom. The van der Waals surface area contributed by atoms with Gasteiger partial charge in [0.2, 0.25) is 0 Å². The molecule has 13 heavy (non-hydrogen) atoms. The molecule has 0 saturated carbocycles. The molecule has 0 heterocycles. The second-order valence-corrected chi connectivity index (χ2v) is 4.04. The van der Waals surface area contributed by atoms with Crippen molar-refractivity contribution in [2.24, 2.45) is 0 Å². The SMILES string of the molecule is CCC(CC)=C(C(=O)O)P(=O)(O)O. The number of aliphatic carboxylic acids is 1. The Hall–Kier alpha value is -0.640. The highest BCUT2D eigenvalue weighted by molar-refractivity contribution is 7.58. The van der Waals surface area contributed by atoms with E-state index in [1.807, 2.05) is 0 Å². The summed E-state index contributed by atoms with van der Waals surface area (Å²) in [6.45, 7) is 3.33. The van der Waals surface area contributed by atoms with Crippen molar-refractivity contribution in [3.63, 3.8) is 0 Å². The lowest BCUT2D eigenvalue weighted by Crippen LogP contribution is -2.05. The van der Waals surface area contributed by atoms with Crippen molar-refractivity contribution in [3.8, 4) is 0 Å². The van der Waals surface area contributed by atoms with Crippen LogP contribution in [0.2, 0.25) is 0 Å². The van der Waals surface area contributed by atoms with Crippen molar-refractivity contribution in [2.75, 3.05) is 0 Å². The van der Waals surface area contributed by atoms with Gasteiger partial charge in [-0.05, 0) is 18.4 Å². The van der Waals surface area contributed by atoms with Gasteiger partial charge in [-0.15, -0.1) is 0 Å². The fourth-order valence-electron chi connectivity index (χ4n) is 1.07. The van der Waals surface area contributed by atoms with E-state index < -0.39 is 18.9 Å². The maximum atomic E-state index is 10.8. The monoisotopic (exact) mass is 208 g/mol. The molecule has 3 N–H and O–H groups in total. The van der Waals surface area contributed by atoms with E-state index in [4.69, 9.17) is 14.9 Å². The zero-order chi connectivity index (χ0) is 10.6. The van der Waals surface area contributed by atoms with Crippen LogP contribution < -0.4 is 0 Å². The summed E-state index contributed by atoms with van der Waals surface area (Å²) in [7, 11) is -4.64. The van der Waals surface area contributed by atoms with Crippen molar-refractivity contribution in [1.29, 1.82) is 0 Å². The Bertz CT molecular complexity index is 269. The molecule has 0 rings (SSSR count). The molecule has 0 amide bonds. The summed E-state index contributed by atoms with van der Waals surface area (Å²) in [4.78, 5) is 28.1. The van der Waals surface area contributed by atoms with Gasteiger partial charge in [0.1, 0.15) is 5.31 Å². The highest BCUT2D eigenvalue weighted by Crippen LogP contribution is 2.47. The maximum Gasteiger partial charge on any atom is 0.363 e.